The number of rotatable bonds is 7. The summed E-state index contributed by atoms with van der Waals surface area (Å²) in [7, 11) is 1.60. The Morgan fingerprint density at radius 1 is 1.14 bits per heavy atom. The summed E-state index contributed by atoms with van der Waals surface area (Å²) in [5, 5.41) is 0.510. The number of halogens is 1. The average Bonchev–Trinajstić information content (AvgIpc) is 3.50. The van der Waals surface area contributed by atoms with Gasteiger partial charge in [-0.2, -0.15) is 0 Å². The molecule has 2 saturated heterocycles. The van der Waals surface area contributed by atoms with Crippen LogP contribution < -0.4 is 10.4 Å². The molecule has 2 unspecified atom stereocenters. The Morgan fingerprint density at radius 3 is 2.69 bits per heavy atom. The zero-order valence-electron chi connectivity index (χ0n) is 21.0. The standard InChI is InChI=1S/C27H34ClN5O3/c1-3-10-30-12-14-31(15-13-30)21-9-11-32(18-21)26(34)25(19-5-4-6-22(16-19)36-2)33-24-17-20(28)7-8-23(24)29-27(33)35/h4-8,16-17,21,25H,3,9-15,18H2,1-2H3,(H,29,35). The number of piperazine rings is 1. The van der Waals surface area contributed by atoms with Gasteiger partial charge >= 0.3 is 5.69 Å². The minimum absolute atomic E-state index is 0.0849. The first-order valence-electron chi connectivity index (χ1n) is 12.8. The maximum absolute atomic E-state index is 14.1. The van der Waals surface area contributed by atoms with Gasteiger partial charge in [-0.15, -0.1) is 0 Å². The van der Waals surface area contributed by atoms with Gasteiger partial charge in [0.2, 0.25) is 0 Å². The first-order chi connectivity index (χ1) is 17.5. The van der Waals surface area contributed by atoms with Crippen LogP contribution in [0.4, 0.5) is 0 Å². The number of aromatic nitrogens is 2. The lowest BCUT2D eigenvalue weighted by Crippen LogP contribution is -2.51. The number of hydrogen-bond donors (Lipinski definition) is 1. The predicted octanol–water partition coefficient (Wildman–Crippen LogP) is 3.21. The number of carbonyl (C=O) groups excluding carboxylic acids is 1. The second kappa shape index (κ2) is 10.7. The number of aromatic amines is 1. The fraction of sp³-hybridized carbons (Fsp3) is 0.481. The molecule has 1 amide bonds. The van der Waals surface area contributed by atoms with Gasteiger partial charge in [-0.05, 0) is 55.3 Å². The van der Waals surface area contributed by atoms with Gasteiger partial charge in [0.1, 0.15) is 11.8 Å². The van der Waals surface area contributed by atoms with Crippen LogP contribution in [0.5, 0.6) is 5.75 Å². The fourth-order valence-corrected chi connectivity index (χ4v) is 5.81. The number of hydrogen-bond acceptors (Lipinski definition) is 5. The lowest BCUT2D eigenvalue weighted by atomic mass is 10.0. The monoisotopic (exact) mass is 511 g/mol. The van der Waals surface area contributed by atoms with E-state index in [1.54, 1.807) is 25.3 Å². The SMILES string of the molecule is CCCN1CCN(C2CCN(C(=O)C(c3cccc(OC)c3)n3c(=O)[nH]c4ccc(Cl)cc43)C2)CC1. The molecule has 9 heteroatoms. The third-order valence-electron chi connectivity index (χ3n) is 7.52. The molecule has 2 fully saturated rings. The Balaban J connectivity index is 1.44. The second-order valence-electron chi connectivity index (χ2n) is 9.75. The van der Waals surface area contributed by atoms with E-state index >= 15 is 0 Å². The number of methoxy groups -OCH3 is 1. The molecule has 1 aromatic heterocycles. The highest BCUT2D eigenvalue weighted by Crippen LogP contribution is 2.30. The predicted molar refractivity (Wildman–Crippen MR) is 142 cm³/mol. The van der Waals surface area contributed by atoms with Crippen molar-refractivity contribution in [2.45, 2.75) is 31.8 Å². The van der Waals surface area contributed by atoms with E-state index in [1.165, 1.54) is 11.0 Å². The molecule has 2 aromatic carbocycles. The first-order valence-corrected chi connectivity index (χ1v) is 13.1. The van der Waals surface area contributed by atoms with Crippen molar-refractivity contribution in [3.8, 4) is 5.75 Å². The Hall–Kier alpha value is -2.81. The first kappa shape index (κ1) is 24.9. The van der Waals surface area contributed by atoms with Crippen molar-refractivity contribution < 1.29 is 9.53 Å². The van der Waals surface area contributed by atoms with Crippen molar-refractivity contribution in [3.63, 3.8) is 0 Å². The number of nitrogens with one attached hydrogen (secondary N) is 1. The molecule has 0 saturated carbocycles. The average molecular weight is 512 g/mol. The van der Waals surface area contributed by atoms with Crippen LogP contribution >= 0.6 is 11.6 Å². The van der Waals surface area contributed by atoms with Gasteiger partial charge in [0, 0.05) is 50.3 Å². The van der Waals surface area contributed by atoms with Crippen LogP contribution in [0.1, 0.15) is 31.4 Å². The molecule has 0 radical (unpaired) electrons. The number of likely N-dealkylation sites (tertiary alicyclic amines) is 1. The molecule has 5 rings (SSSR count). The summed E-state index contributed by atoms with van der Waals surface area (Å²) >= 11 is 6.29. The van der Waals surface area contributed by atoms with E-state index in [0.717, 1.165) is 39.1 Å². The maximum atomic E-state index is 14.1. The van der Waals surface area contributed by atoms with Crippen LogP contribution in [-0.4, -0.2) is 89.1 Å². The maximum Gasteiger partial charge on any atom is 0.327 e. The molecule has 1 N–H and O–H groups in total. The van der Waals surface area contributed by atoms with Crippen molar-refractivity contribution in [3.05, 3.63) is 63.5 Å². The molecule has 36 heavy (non-hydrogen) atoms. The highest BCUT2D eigenvalue weighted by molar-refractivity contribution is 6.31. The van der Waals surface area contributed by atoms with Crippen LogP contribution in [0.3, 0.4) is 0 Å². The number of nitrogens with zero attached hydrogens (tertiary/aromatic N) is 4. The third kappa shape index (κ3) is 4.90. The van der Waals surface area contributed by atoms with E-state index in [4.69, 9.17) is 16.3 Å². The Morgan fingerprint density at radius 2 is 1.94 bits per heavy atom. The largest absolute Gasteiger partial charge is 0.497 e. The Labute approximate surface area is 216 Å². The molecular weight excluding hydrogens is 478 g/mol. The molecular formula is C27H34ClN5O3. The van der Waals surface area contributed by atoms with E-state index in [0.29, 0.717) is 46.5 Å². The van der Waals surface area contributed by atoms with E-state index in [-0.39, 0.29) is 11.6 Å². The highest BCUT2D eigenvalue weighted by Gasteiger charge is 2.37. The van der Waals surface area contributed by atoms with E-state index in [1.807, 2.05) is 29.2 Å². The third-order valence-corrected chi connectivity index (χ3v) is 7.75. The van der Waals surface area contributed by atoms with Crippen molar-refractivity contribution in [2.75, 3.05) is 52.9 Å². The summed E-state index contributed by atoms with van der Waals surface area (Å²) in [6, 6.07) is 12.2. The van der Waals surface area contributed by atoms with Crippen LogP contribution in [0.15, 0.2) is 47.3 Å². The summed E-state index contributed by atoms with van der Waals surface area (Å²) in [4.78, 5) is 37.2. The van der Waals surface area contributed by atoms with Crippen LogP contribution in [0.25, 0.3) is 11.0 Å². The number of imidazole rings is 1. The van der Waals surface area contributed by atoms with Gasteiger partial charge in [-0.3, -0.25) is 14.3 Å². The molecule has 8 nitrogen and oxygen atoms in total. The molecule has 2 aliphatic heterocycles. The van der Waals surface area contributed by atoms with Crippen LogP contribution in [0.2, 0.25) is 5.02 Å². The van der Waals surface area contributed by atoms with Crippen molar-refractivity contribution in [2.24, 2.45) is 0 Å². The molecule has 0 aliphatic carbocycles. The number of amides is 1. The minimum Gasteiger partial charge on any atom is -0.497 e. The zero-order valence-corrected chi connectivity index (χ0v) is 21.7. The van der Waals surface area contributed by atoms with Gasteiger partial charge in [0.05, 0.1) is 18.1 Å². The van der Waals surface area contributed by atoms with Crippen LogP contribution in [0, 0.1) is 0 Å². The van der Waals surface area contributed by atoms with Gasteiger partial charge in [0.15, 0.2) is 0 Å². The Bertz CT molecular complexity index is 1280. The minimum atomic E-state index is -0.819. The molecule has 0 spiro atoms. The highest BCUT2D eigenvalue weighted by atomic mass is 35.5. The molecule has 3 aromatic rings. The summed E-state index contributed by atoms with van der Waals surface area (Å²) in [6.07, 6.45) is 2.12. The van der Waals surface area contributed by atoms with Crippen molar-refractivity contribution in [1.29, 1.82) is 0 Å². The number of carbonyl (C=O) groups is 1. The summed E-state index contributed by atoms with van der Waals surface area (Å²) in [5.41, 5.74) is 1.63. The van der Waals surface area contributed by atoms with Crippen LogP contribution in [-0.2, 0) is 4.79 Å². The quantitative estimate of drug-likeness (QED) is 0.527. The zero-order chi connectivity index (χ0) is 25.2. The van der Waals surface area contributed by atoms with E-state index in [2.05, 4.69) is 21.7 Å². The normalized spacial score (nSPS) is 20.2. The van der Waals surface area contributed by atoms with Gasteiger partial charge < -0.3 is 19.5 Å². The molecule has 0 bridgehead atoms. The summed E-state index contributed by atoms with van der Waals surface area (Å²) in [6.45, 7) is 8.94. The molecule has 3 heterocycles. The number of benzene rings is 2. The topological polar surface area (TPSA) is 73.8 Å². The van der Waals surface area contributed by atoms with Gasteiger partial charge in [-0.25, -0.2) is 4.79 Å². The molecule has 2 atom stereocenters. The number of H-pyrrole nitrogens is 1. The fourth-order valence-electron chi connectivity index (χ4n) is 5.65. The van der Waals surface area contributed by atoms with Crippen molar-refractivity contribution >= 4 is 28.5 Å². The second-order valence-corrected chi connectivity index (χ2v) is 10.2. The van der Waals surface area contributed by atoms with Crippen molar-refractivity contribution in [1.82, 2.24) is 24.3 Å². The Kier molecular flexibility index (Phi) is 7.37. The van der Waals surface area contributed by atoms with E-state index in [9.17, 15) is 9.59 Å². The summed E-state index contributed by atoms with van der Waals surface area (Å²) in [5.74, 6) is 0.554. The number of fused-ring (bicyclic) bond motifs is 1. The van der Waals surface area contributed by atoms with E-state index < -0.39 is 6.04 Å². The smallest absolute Gasteiger partial charge is 0.327 e. The summed E-state index contributed by atoms with van der Waals surface area (Å²) < 4.78 is 6.97. The van der Waals surface area contributed by atoms with Gasteiger partial charge in [-0.1, -0.05) is 30.7 Å². The lowest BCUT2D eigenvalue weighted by molar-refractivity contribution is -0.132. The number of ether oxygens (including phenoxy) is 1. The molecule has 192 valence electrons. The van der Waals surface area contributed by atoms with Gasteiger partial charge in [0.25, 0.3) is 5.91 Å². The lowest BCUT2D eigenvalue weighted by Gasteiger charge is -2.38. The molecule has 2 aliphatic rings.